The van der Waals surface area contributed by atoms with Crippen LogP contribution in [-0.4, -0.2) is 38.4 Å². The SMILES string of the molecule is Cc1ccc(NC[C@@]2(C[NH+]3CCCC3)CCOC(C)(C)C2)cc1. The third kappa shape index (κ3) is 4.48. The van der Waals surface area contributed by atoms with Crippen LogP contribution in [0.4, 0.5) is 5.69 Å². The molecule has 2 N–H and O–H groups in total. The molecule has 1 aromatic rings. The highest BCUT2D eigenvalue weighted by Crippen LogP contribution is 2.38. The number of rotatable bonds is 5. The molecule has 2 saturated heterocycles. The summed E-state index contributed by atoms with van der Waals surface area (Å²) in [4.78, 5) is 1.80. The Morgan fingerprint density at radius 1 is 1.13 bits per heavy atom. The minimum absolute atomic E-state index is 0.00632. The molecule has 0 unspecified atom stereocenters. The molecule has 0 bridgehead atoms. The molecule has 0 radical (unpaired) electrons. The van der Waals surface area contributed by atoms with E-state index in [1.54, 1.807) is 4.90 Å². The molecular formula is C20H33N2O+. The highest BCUT2D eigenvalue weighted by molar-refractivity contribution is 5.44. The maximum absolute atomic E-state index is 6.02. The predicted molar refractivity (Wildman–Crippen MR) is 96.2 cm³/mol. The van der Waals surface area contributed by atoms with Gasteiger partial charge in [0.2, 0.25) is 0 Å². The Hall–Kier alpha value is -1.06. The molecule has 0 saturated carbocycles. The minimum Gasteiger partial charge on any atom is -0.384 e. The normalized spacial score (nSPS) is 28.0. The van der Waals surface area contributed by atoms with Gasteiger partial charge in [0.1, 0.15) is 0 Å². The topological polar surface area (TPSA) is 25.7 Å². The summed E-state index contributed by atoms with van der Waals surface area (Å²) in [6, 6.07) is 8.79. The second kappa shape index (κ2) is 6.82. The molecule has 3 heteroatoms. The smallest absolute Gasteiger partial charge is 0.0847 e. The summed E-state index contributed by atoms with van der Waals surface area (Å²) < 4.78 is 6.02. The van der Waals surface area contributed by atoms with Crippen molar-refractivity contribution in [3.05, 3.63) is 29.8 Å². The molecule has 2 aliphatic rings. The van der Waals surface area contributed by atoms with E-state index in [-0.39, 0.29) is 5.60 Å². The first-order valence-electron chi connectivity index (χ1n) is 9.25. The number of likely N-dealkylation sites (tertiary alicyclic amines) is 1. The van der Waals surface area contributed by atoms with E-state index in [0.717, 1.165) is 19.6 Å². The van der Waals surface area contributed by atoms with E-state index in [4.69, 9.17) is 4.74 Å². The molecule has 1 aromatic carbocycles. The molecule has 1 atom stereocenters. The van der Waals surface area contributed by atoms with Gasteiger partial charge in [-0.15, -0.1) is 0 Å². The van der Waals surface area contributed by atoms with Crippen LogP contribution in [0.5, 0.6) is 0 Å². The minimum atomic E-state index is 0.00632. The van der Waals surface area contributed by atoms with Crippen LogP contribution in [-0.2, 0) is 4.74 Å². The monoisotopic (exact) mass is 317 g/mol. The first-order chi connectivity index (χ1) is 11.0. The standard InChI is InChI=1S/C20H32N2O/c1-17-6-8-18(9-7-17)21-15-20(16-22-11-4-5-12-22)10-13-23-19(2,3)14-20/h6-9,21H,4-5,10-16H2,1-3H3/p+1/t20-/m1/s1. The predicted octanol–water partition coefficient (Wildman–Crippen LogP) is 2.66. The van der Waals surface area contributed by atoms with Gasteiger partial charge in [-0.3, -0.25) is 0 Å². The van der Waals surface area contributed by atoms with E-state index >= 15 is 0 Å². The fourth-order valence-electron chi connectivity index (χ4n) is 4.49. The average molecular weight is 317 g/mol. The van der Waals surface area contributed by atoms with Gasteiger partial charge in [-0.05, 0) is 45.7 Å². The number of hydrogen-bond donors (Lipinski definition) is 2. The molecule has 3 nitrogen and oxygen atoms in total. The average Bonchev–Trinajstić information content (AvgIpc) is 2.98. The highest BCUT2D eigenvalue weighted by atomic mass is 16.5. The van der Waals surface area contributed by atoms with Crippen molar-refractivity contribution < 1.29 is 9.64 Å². The van der Waals surface area contributed by atoms with E-state index in [1.165, 1.54) is 50.1 Å². The molecule has 23 heavy (non-hydrogen) atoms. The third-order valence-corrected chi connectivity index (χ3v) is 5.58. The number of quaternary nitrogens is 1. The van der Waals surface area contributed by atoms with Gasteiger partial charge in [-0.1, -0.05) is 17.7 Å². The van der Waals surface area contributed by atoms with Gasteiger partial charge >= 0.3 is 0 Å². The summed E-state index contributed by atoms with van der Waals surface area (Å²) in [6.45, 7) is 12.6. The van der Waals surface area contributed by atoms with Gasteiger partial charge in [0.15, 0.2) is 0 Å². The lowest BCUT2D eigenvalue weighted by Crippen LogP contribution is -3.11. The fourth-order valence-corrected chi connectivity index (χ4v) is 4.49. The summed E-state index contributed by atoms with van der Waals surface area (Å²) >= 11 is 0. The van der Waals surface area contributed by atoms with Crippen LogP contribution in [0.1, 0.15) is 45.1 Å². The molecule has 2 heterocycles. The second-order valence-corrected chi connectivity index (χ2v) is 8.39. The Morgan fingerprint density at radius 3 is 2.48 bits per heavy atom. The Bertz CT molecular complexity index is 505. The zero-order valence-corrected chi connectivity index (χ0v) is 15.1. The maximum atomic E-state index is 6.02. The van der Waals surface area contributed by atoms with Gasteiger partial charge in [-0.25, -0.2) is 0 Å². The Morgan fingerprint density at radius 2 is 1.83 bits per heavy atom. The zero-order valence-electron chi connectivity index (χ0n) is 15.1. The van der Waals surface area contributed by atoms with Crippen molar-refractivity contribution in [3.8, 4) is 0 Å². The summed E-state index contributed by atoms with van der Waals surface area (Å²) in [5.41, 5.74) is 2.92. The number of aryl methyl sites for hydroxylation is 1. The zero-order chi connectivity index (χ0) is 16.3. The van der Waals surface area contributed by atoms with Crippen molar-refractivity contribution >= 4 is 5.69 Å². The van der Waals surface area contributed by atoms with Crippen LogP contribution >= 0.6 is 0 Å². The van der Waals surface area contributed by atoms with Gasteiger partial charge in [0.25, 0.3) is 0 Å². The molecule has 3 rings (SSSR count). The van der Waals surface area contributed by atoms with Crippen LogP contribution in [0, 0.1) is 12.3 Å². The first-order valence-corrected chi connectivity index (χ1v) is 9.25. The molecule has 0 amide bonds. The van der Waals surface area contributed by atoms with Gasteiger partial charge in [0.05, 0.1) is 25.2 Å². The van der Waals surface area contributed by atoms with Crippen molar-refractivity contribution in [2.24, 2.45) is 5.41 Å². The lowest BCUT2D eigenvalue weighted by Gasteiger charge is -2.45. The number of hydrogen-bond acceptors (Lipinski definition) is 2. The number of benzene rings is 1. The van der Waals surface area contributed by atoms with Crippen LogP contribution in [0.3, 0.4) is 0 Å². The van der Waals surface area contributed by atoms with Gasteiger partial charge in [-0.2, -0.15) is 0 Å². The lowest BCUT2D eigenvalue weighted by atomic mass is 9.73. The van der Waals surface area contributed by atoms with Crippen molar-refractivity contribution in [1.82, 2.24) is 0 Å². The van der Waals surface area contributed by atoms with Crippen molar-refractivity contribution in [3.63, 3.8) is 0 Å². The van der Waals surface area contributed by atoms with E-state index in [1.807, 2.05) is 0 Å². The summed E-state index contributed by atoms with van der Waals surface area (Å²) in [7, 11) is 0. The van der Waals surface area contributed by atoms with Crippen LogP contribution in [0.2, 0.25) is 0 Å². The number of ether oxygens (including phenoxy) is 1. The lowest BCUT2D eigenvalue weighted by molar-refractivity contribution is -0.894. The molecule has 2 fully saturated rings. The van der Waals surface area contributed by atoms with Gasteiger partial charge in [0, 0.05) is 37.1 Å². The number of anilines is 1. The summed E-state index contributed by atoms with van der Waals surface area (Å²) in [6.07, 6.45) is 5.13. The fraction of sp³-hybridized carbons (Fsp3) is 0.700. The van der Waals surface area contributed by atoms with E-state index in [2.05, 4.69) is 50.4 Å². The summed E-state index contributed by atoms with van der Waals surface area (Å²) in [5, 5.41) is 3.73. The molecule has 0 aromatic heterocycles. The largest absolute Gasteiger partial charge is 0.384 e. The number of nitrogens with one attached hydrogen (secondary N) is 2. The highest BCUT2D eigenvalue weighted by Gasteiger charge is 2.44. The Balaban J connectivity index is 1.70. The molecule has 0 spiro atoms. The molecular weight excluding hydrogens is 284 g/mol. The maximum Gasteiger partial charge on any atom is 0.0847 e. The van der Waals surface area contributed by atoms with Crippen LogP contribution < -0.4 is 10.2 Å². The Kier molecular flexibility index (Phi) is 4.98. The van der Waals surface area contributed by atoms with Gasteiger partial charge < -0.3 is 15.0 Å². The second-order valence-electron chi connectivity index (χ2n) is 8.39. The Labute approximate surface area is 141 Å². The molecule has 128 valence electrons. The quantitative estimate of drug-likeness (QED) is 0.873. The van der Waals surface area contributed by atoms with Crippen LogP contribution in [0.15, 0.2) is 24.3 Å². The van der Waals surface area contributed by atoms with E-state index in [9.17, 15) is 0 Å². The van der Waals surface area contributed by atoms with E-state index < -0.39 is 0 Å². The van der Waals surface area contributed by atoms with Crippen molar-refractivity contribution in [1.29, 1.82) is 0 Å². The molecule has 0 aliphatic carbocycles. The van der Waals surface area contributed by atoms with Crippen molar-refractivity contribution in [2.75, 3.05) is 38.1 Å². The third-order valence-electron chi connectivity index (χ3n) is 5.58. The van der Waals surface area contributed by atoms with Crippen LogP contribution in [0.25, 0.3) is 0 Å². The van der Waals surface area contributed by atoms with E-state index in [0.29, 0.717) is 5.41 Å². The summed E-state index contributed by atoms with van der Waals surface area (Å²) in [5.74, 6) is 0. The van der Waals surface area contributed by atoms with Crippen molar-refractivity contribution in [2.45, 2.75) is 52.1 Å². The first kappa shape index (κ1) is 16.8. The molecule has 2 aliphatic heterocycles.